The standard InChI is InChI=1S/C28H21Cl2N3O2/c1-16(34)32-20-5-2-4-17(12-20)15-33-25-7-3-6-23(28(31)35)27(25)22-10-8-18(13-26(22)33)21-11-9-19(29)14-24(21)30/h2-14H,15H2,1H3,(H2,31,35)(H,32,34). The van der Waals surface area contributed by atoms with Crippen molar-refractivity contribution >= 4 is 62.5 Å². The number of nitrogens with two attached hydrogens (primary N) is 1. The number of amides is 2. The van der Waals surface area contributed by atoms with E-state index in [0.717, 1.165) is 44.2 Å². The van der Waals surface area contributed by atoms with Crippen LogP contribution in [0.5, 0.6) is 0 Å². The lowest BCUT2D eigenvalue weighted by atomic mass is 10.0. The number of halogens is 2. The van der Waals surface area contributed by atoms with E-state index in [9.17, 15) is 9.59 Å². The van der Waals surface area contributed by atoms with Gasteiger partial charge in [-0.3, -0.25) is 9.59 Å². The molecule has 1 heterocycles. The zero-order valence-corrected chi connectivity index (χ0v) is 20.3. The van der Waals surface area contributed by atoms with Gasteiger partial charge in [0.25, 0.3) is 0 Å². The summed E-state index contributed by atoms with van der Waals surface area (Å²) in [6.45, 7) is 2.00. The lowest BCUT2D eigenvalue weighted by molar-refractivity contribution is -0.114. The minimum atomic E-state index is -0.480. The molecule has 5 aromatic rings. The number of nitrogens with zero attached hydrogens (tertiary/aromatic N) is 1. The molecule has 35 heavy (non-hydrogen) atoms. The highest BCUT2D eigenvalue weighted by atomic mass is 35.5. The summed E-state index contributed by atoms with van der Waals surface area (Å²) >= 11 is 12.6. The van der Waals surface area contributed by atoms with Gasteiger partial charge in [-0.05, 0) is 53.6 Å². The first-order valence-corrected chi connectivity index (χ1v) is 11.7. The molecular formula is C28H21Cl2N3O2. The second kappa shape index (κ2) is 9.10. The van der Waals surface area contributed by atoms with Gasteiger partial charge in [0.05, 0.1) is 11.0 Å². The molecule has 0 spiro atoms. The first-order chi connectivity index (χ1) is 16.8. The van der Waals surface area contributed by atoms with Crippen molar-refractivity contribution in [3.63, 3.8) is 0 Å². The molecule has 5 rings (SSSR count). The molecule has 0 unspecified atom stereocenters. The Balaban J connectivity index is 1.75. The molecular weight excluding hydrogens is 481 g/mol. The molecule has 1 aromatic heterocycles. The van der Waals surface area contributed by atoms with E-state index in [1.165, 1.54) is 6.92 Å². The van der Waals surface area contributed by atoms with Gasteiger partial charge in [-0.25, -0.2) is 0 Å². The van der Waals surface area contributed by atoms with Crippen molar-refractivity contribution in [2.45, 2.75) is 13.5 Å². The highest BCUT2D eigenvalue weighted by Gasteiger charge is 2.18. The number of benzene rings is 4. The fourth-order valence-electron chi connectivity index (χ4n) is 4.54. The summed E-state index contributed by atoms with van der Waals surface area (Å²) in [5, 5.41) is 5.68. The number of carbonyl (C=O) groups is 2. The normalized spacial score (nSPS) is 11.2. The van der Waals surface area contributed by atoms with E-state index in [1.807, 2.05) is 54.6 Å². The van der Waals surface area contributed by atoms with Crippen molar-refractivity contribution < 1.29 is 9.59 Å². The van der Waals surface area contributed by atoms with Crippen molar-refractivity contribution in [3.8, 4) is 11.1 Å². The summed E-state index contributed by atoms with van der Waals surface area (Å²) in [6, 6.07) is 24.7. The molecule has 0 aliphatic rings. The van der Waals surface area contributed by atoms with Gasteiger partial charge < -0.3 is 15.6 Å². The fourth-order valence-corrected chi connectivity index (χ4v) is 5.06. The Morgan fingerprint density at radius 1 is 0.914 bits per heavy atom. The maximum absolute atomic E-state index is 12.3. The van der Waals surface area contributed by atoms with E-state index in [4.69, 9.17) is 28.9 Å². The van der Waals surface area contributed by atoms with E-state index >= 15 is 0 Å². The molecule has 0 atom stereocenters. The zero-order chi connectivity index (χ0) is 24.7. The first-order valence-electron chi connectivity index (χ1n) is 11.0. The van der Waals surface area contributed by atoms with Gasteiger partial charge in [-0.2, -0.15) is 0 Å². The van der Waals surface area contributed by atoms with E-state index < -0.39 is 5.91 Å². The van der Waals surface area contributed by atoms with Crippen LogP contribution < -0.4 is 11.1 Å². The summed E-state index contributed by atoms with van der Waals surface area (Å²) in [5.74, 6) is -0.610. The highest BCUT2D eigenvalue weighted by molar-refractivity contribution is 6.36. The van der Waals surface area contributed by atoms with Crippen LogP contribution in [0.2, 0.25) is 10.0 Å². The van der Waals surface area contributed by atoms with Crippen molar-refractivity contribution in [1.29, 1.82) is 0 Å². The van der Waals surface area contributed by atoms with E-state index in [2.05, 4.69) is 16.0 Å². The molecule has 2 amide bonds. The number of nitrogens with one attached hydrogen (secondary N) is 1. The molecule has 5 nitrogen and oxygen atoms in total. The first kappa shape index (κ1) is 23.0. The summed E-state index contributed by atoms with van der Waals surface area (Å²) in [7, 11) is 0. The third kappa shape index (κ3) is 4.36. The van der Waals surface area contributed by atoms with Crippen LogP contribution in [0.15, 0.2) is 78.9 Å². The van der Waals surface area contributed by atoms with Crippen molar-refractivity contribution in [2.75, 3.05) is 5.32 Å². The molecule has 3 N–H and O–H groups in total. The third-order valence-electron chi connectivity index (χ3n) is 5.99. The zero-order valence-electron chi connectivity index (χ0n) is 18.8. The lowest BCUT2D eigenvalue weighted by Crippen LogP contribution is -2.11. The summed E-state index contributed by atoms with van der Waals surface area (Å²) < 4.78 is 2.15. The Bertz CT molecular complexity index is 1640. The van der Waals surface area contributed by atoms with Crippen LogP contribution in [0.25, 0.3) is 32.9 Å². The minimum absolute atomic E-state index is 0.130. The average Bonchev–Trinajstić information content (AvgIpc) is 3.12. The molecule has 0 aliphatic carbocycles. The number of aromatic nitrogens is 1. The predicted octanol–water partition coefficient (Wildman–Crippen LogP) is 6.87. The van der Waals surface area contributed by atoms with Crippen LogP contribution in [0.3, 0.4) is 0 Å². The van der Waals surface area contributed by atoms with Crippen molar-refractivity contribution in [3.05, 3.63) is 100 Å². The lowest BCUT2D eigenvalue weighted by Gasteiger charge is -2.11. The second-order valence-corrected chi connectivity index (χ2v) is 9.23. The van der Waals surface area contributed by atoms with Gasteiger partial charge in [-0.15, -0.1) is 0 Å². The number of anilines is 1. The van der Waals surface area contributed by atoms with Gasteiger partial charge in [0.2, 0.25) is 11.8 Å². The van der Waals surface area contributed by atoms with Crippen LogP contribution in [-0.4, -0.2) is 16.4 Å². The van der Waals surface area contributed by atoms with E-state index in [-0.39, 0.29) is 5.91 Å². The molecule has 0 aliphatic heterocycles. The molecule has 0 saturated heterocycles. The molecule has 4 aromatic carbocycles. The van der Waals surface area contributed by atoms with Crippen molar-refractivity contribution in [1.82, 2.24) is 4.57 Å². The molecule has 0 fully saturated rings. The molecule has 174 valence electrons. The van der Waals surface area contributed by atoms with Crippen LogP contribution in [-0.2, 0) is 11.3 Å². The number of carbonyl (C=O) groups excluding carboxylic acids is 2. The Morgan fingerprint density at radius 3 is 2.46 bits per heavy atom. The fraction of sp³-hybridized carbons (Fsp3) is 0.0714. The van der Waals surface area contributed by atoms with Gasteiger partial charge >= 0.3 is 0 Å². The quantitative estimate of drug-likeness (QED) is 0.275. The SMILES string of the molecule is CC(=O)Nc1cccc(Cn2c3cc(-c4ccc(Cl)cc4Cl)ccc3c3c(C(N)=O)cccc32)c1. The molecule has 0 saturated carbocycles. The van der Waals surface area contributed by atoms with Crippen molar-refractivity contribution in [2.24, 2.45) is 5.73 Å². The topological polar surface area (TPSA) is 77.1 Å². The maximum Gasteiger partial charge on any atom is 0.249 e. The van der Waals surface area contributed by atoms with Gasteiger partial charge in [0.1, 0.15) is 0 Å². The van der Waals surface area contributed by atoms with Crippen LogP contribution in [0.1, 0.15) is 22.8 Å². The summed E-state index contributed by atoms with van der Waals surface area (Å²) in [4.78, 5) is 23.8. The second-order valence-electron chi connectivity index (χ2n) is 8.39. The largest absolute Gasteiger partial charge is 0.366 e. The smallest absolute Gasteiger partial charge is 0.249 e. The van der Waals surface area contributed by atoms with Crippen LogP contribution in [0.4, 0.5) is 5.69 Å². The minimum Gasteiger partial charge on any atom is -0.366 e. The Labute approximate surface area is 212 Å². The van der Waals surface area contributed by atoms with Gasteiger partial charge in [0, 0.05) is 51.1 Å². The Morgan fingerprint density at radius 2 is 1.71 bits per heavy atom. The van der Waals surface area contributed by atoms with Crippen LogP contribution >= 0.6 is 23.2 Å². The van der Waals surface area contributed by atoms with Crippen LogP contribution in [0, 0.1) is 0 Å². The maximum atomic E-state index is 12.3. The predicted molar refractivity (Wildman–Crippen MR) is 143 cm³/mol. The number of fused-ring (bicyclic) bond motifs is 3. The number of rotatable bonds is 5. The molecule has 0 radical (unpaired) electrons. The number of primary amides is 1. The third-order valence-corrected chi connectivity index (χ3v) is 6.53. The average molecular weight is 502 g/mol. The monoisotopic (exact) mass is 501 g/mol. The Kier molecular flexibility index (Phi) is 5.97. The summed E-state index contributed by atoms with van der Waals surface area (Å²) in [6.07, 6.45) is 0. The number of hydrogen-bond donors (Lipinski definition) is 2. The van der Waals surface area contributed by atoms with Gasteiger partial charge in [-0.1, -0.05) is 59.6 Å². The van der Waals surface area contributed by atoms with E-state index in [0.29, 0.717) is 22.2 Å². The van der Waals surface area contributed by atoms with Gasteiger partial charge in [0.15, 0.2) is 0 Å². The summed E-state index contributed by atoms with van der Waals surface area (Å²) in [5.41, 5.74) is 11.5. The molecule has 7 heteroatoms. The Hall–Kier alpha value is -3.80. The number of hydrogen-bond acceptors (Lipinski definition) is 2. The highest BCUT2D eigenvalue weighted by Crippen LogP contribution is 2.37. The molecule has 0 bridgehead atoms. The van der Waals surface area contributed by atoms with E-state index in [1.54, 1.807) is 18.2 Å².